The maximum atomic E-state index is 13.7. The fourth-order valence-electron chi connectivity index (χ4n) is 8.29. The number of aliphatic hydroxyl groups is 1. The van der Waals surface area contributed by atoms with Crippen LogP contribution in [0.25, 0.3) is 33.0 Å². The van der Waals surface area contributed by atoms with Crippen LogP contribution in [-0.4, -0.2) is 138 Å². The van der Waals surface area contributed by atoms with Crippen LogP contribution < -0.4 is 44.2 Å². The lowest BCUT2D eigenvalue weighted by atomic mass is 10.1. The number of ether oxygens (including phenoxy) is 3. The Morgan fingerprint density at radius 3 is 2.42 bits per heavy atom. The summed E-state index contributed by atoms with van der Waals surface area (Å²) in [6.07, 6.45) is -1.15. The first-order valence-corrected chi connectivity index (χ1v) is 26.6. The van der Waals surface area contributed by atoms with E-state index in [0.717, 1.165) is 62.2 Å². The van der Waals surface area contributed by atoms with Crippen LogP contribution >= 0.6 is 37.6 Å². The first kappa shape index (κ1) is 52.8. The van der Waals surface area contributed by atoms with E-state index in [9.17, 15) is 28.8 Å². The van der Waals surface area contributed by atoms with Gasteiger partial charge in [0.15, 0.2) is 11.5 Å². The van der Waals surface area contributed by atoms with Crippen molar-refractivity contribution in [3.8, 4) is 5.75 Å². The molecule has 2 aromatic carbocycles. The Bertz CT molecular complexity index is 2940. The van der Waals surface area contributed by atoms with Crippen LogP contribution in [0.4, 0.5) is 17.3 Å². The number of fused-ring (bicyclic) bond motifs is 3. The lowest BCUT2D eigenvalue weighted by Crippen LogP contribution is -3.00. The number of imidazole rings is 1. The number of nitrogen functional groups attached to an aromatic ring is 2. The second kappa shape index (κ2) is 22.2. The molecule has 0 spiro atoms. The van der Waals surface area contributed by atoms with Crippen LogP contribution in [-0.2, 0) is 32.2 Å². The molecule has 6 heterocycles. The Hall–Kier alpha value is -4.04. The Labute approximate surface area is 415 Å². The SMILES string of the molecule is COc1ccc2nc3cc(Cl)ccc3c(NCCC[N+](C)(C)CCCSP(=O)(O)O[C@H]3C[C@H](n4cnc5c(N)ncnc54)O[C@@H]3COP(=O)(O)O[C@H]3C[C@H](n4ccc(N)nc4=O)O[C@@H]3CO)c2c1.[Br-]. The zero-order chi connectivity index (χ0) is 48.4. The molecule has 0 aliphatic carbocycles. The van der Waals surface area contributed by atoms with E-state index in [-0.39, 0.29) is 41.5 Å². The van der Waals surface area contributed by atoms with Gasteiger partial charge in [-0.3, -0.25) is 22.7 Å². The van der Waals surface area contributed by atoms with Crippen molar-refractivity contribution in [1.82, 2.24) is 34.1 Å². The molecule has 2 fully saturated rings. The number of aliphatic hydroxyl groups excluding tert-OH is 1. The Kier molecular flexibility index (Phi) is 17.0. The molecule has 2 aliphatic heterocycles. The van der Waals surface area contributed by atoms with Gasteiger partial charge in [-0.1, -0.05) is 11.6 Å². The van der Waals surface area contributed by atoms with E-state index in [2.05, 4.69) is 39.3 Å². The van der Waals surface area contributed by atoms with E-state index in [4.69, 9.17) is 55.8 Å². The molecule has 374 valence electrons. The van der Waals surface area contributed by atoms with Crippen LogP contribution in [0.15, 0.2) is 66.1 Å². The summed E-state index contributed by atoms with van der Waals surface area (Å²) in [4.78, 5) is 55.5. The van der Waals surface area contributed by atoms with Crippen molar-refractivity contribution < 1.29 is 73.3 Å². The number of benzene rings is 2. The highest BCUT2D eigenvalue weighted by Gasteiger charge is 2.45. The predicted octanol–water partition coefficient (Wildman–Crippen LogP) is 1.87. The molecule has 8 N–H and O–H groups in total. The number of phosphoric acid groups is 1. The Balaban J connectivity index is 0.00000703. The van der Waals surface area contributed by atoms with Gasteiger partial charge in [0.2, 0.25) is 0 Å². The average molecular weight is 1100 g/mol. The van der Waals surface area contributed by atoms with Gasteiger partial charge in [0, 0.05) is 60.0 Å². The molecule has 69 heavy (non-hydrogen) atoms. The van der Waals surface area contributed by atoms with E-state index in [1.807, 2.05) is 36.4 Å². The molecule has 23 nitrogen and oxygen atoms in total. The van der Waals surface area contributed by atoms with Crippen molar-refractivity contribution in [2.45, 2.75) is 62.6 Å². The van der Waals surface area contributed by atoms with Gasteiger partial charge in [-0.25, -0.2) is 33.9 Å². The van der Waals surface area contributed by atoms with Crippen LogP contribution in [0.3, 0.4) is 0 Å². The van der Waals surface area contributed by atoms with Gasteiger partial charge in [-0.15, -0.1) is 0 Å². The number of rotatable bonds is 21. The number of anilines is 3. The number of methoxy groups -OCH3 is 1. The first-order chi connectivity index (χ1) is 32.4. The van der Waals surface area contributed by atoms with E-state index >= 15 is 0 Å². The summed E-state index contributed by atoms with van der Waals surface area (Å²) in [6, 6.07) is 12.8. The lowest BCUT2D eigenvalue weighted by molar-refractivity contribution is -0.890. The van der Waals surface area contributed by atoms with Gasteiger partial charge < -0.3 is 67.4 Å². The number of quaternary nitrogens is 1. The molecule has 2 aliphatic rings. The third kappa shape index (κ3) is 12.7. The quantitative estimate of drug-likeness (QED) is 0.0259. The summed E-state index contributed by atoms with van der Waals surface area (Å²) < 4.78 is 64.5. The maximum absolute atomic E-state index is 13.7. The maximum Gasteiger partial charge on any atom is 0.472 e. The summed E-state index contributed by atoms with van der Waals surface area (Å²) >= 11 is 7.09. The van der Waals surface area contributed by atoms with Gasteiger partial charge in [0.25, 0.3) is 0 Å². The molecule has 6 aromatic rings. The Morgan fingerprint density at radius 1 is 0.928 bits per heavy atom. The fourth-order valence-corrected chi connectivity index (χ4v) is 12.1. The number of phosphoric ester groups is 1. The number of pyridine rings is 1. The van der Waals surface area contributed by atoms with Crippen molar-refractivity contribution in [3.63, 3.8) is 0 Å². The number of nitrogens with two attached hydrogens (primary N) is 2. The smallest absolute Gasteiger partial charge is 0.472 e. The monoisotopic (exact) mass is 1100 g/mol. The molecular formula is C41H53BrClN11O12P2S. The van der Waals surface area contributed by atoms with E-state index in [1.54, 1.807) is 11.7 Å². The van der Waals surface area contributed by atoms with Crippen LogP contribution in [0.2, 0.25) is 5.02 Å². The molecule has 0 saturated carbocycles. The molecule has 0 amide bonds. The third-order valence-corrected chi connectivity index (χ3v) is 16.1. The highest BCUT2D eigenvalue weighted by atomic mass is 79.9. The predicted molar refractivity (Wildman–Crippen MR) is 255 cm³/mol. The minimum Gasteiger partial charge on any atom is -1.00 e. The van der Waals surface area contributed by atoms with Gasteiger partial charge >= 0.3 is 20.3 Å². The standard InChI is InChI=1S/C41H52ClN11O12P2S.BrH/c1-53(2,13-4-11-45-37-26-8-6-24(42)16-29(26)49-28-9-7-25(60-3)17-27(28)37)14-5-15-68-67(58,59)65-31-19-36(52-23-48-38-39(44)46-22-47-40(38)52)63-33(31)21-61-66(56,57)64-30-18-35(62-32(30)20-54)51-12-10-34(43)50-41(51)55;/h6-10,12,16-17,22-23,30-33,35-36,54H,4-5,11,13-15,18-21H2,1-3H3,(H6-,43,44,45,46,47,49,50,55,56,57,58,59);1H/t30-,31-,32+,33+,35+,36+;/m0./s1. The summed E-state index contributed by atoms with van der Waals surface area (Å²) in [6.45, 7) is -3.39. The number of nitrogens with one attached hydrogen (secondary N) is 1. The third-order valence-electron chi connectivity index (χ3n) is 11.7. The van der Waals surface area contributed by atoms with E-state index in [1.165, 1.54) is 24.9 Å². The number of aromatic nitrogens is 7. The number of nitrogens with zero attached hydrogens (tertiary/aromatic N) is 8. The van der Waals surface area contributed by atoms with E-state index < -0.39 is 70.4 Å². The zero-order valence-electron chi connectivity index (χ0n) is 37.6. The van der Waals surface area contributed by atoms with E-state index in [0.29, 0.717) is 45.9 Å². The molecule has 2 unspecified atom stereocenters. The Morgan fingerprint density at radius 2 is 1.67 bits per heavy atom. The van der Waals surface area contributed by atoms with Gasteiger partial charge in [0.05, 0.1) is 70.6 Å². The highest BCUT2D eigenvalue weighted by Crippen LogP contribution is 2.59. The minimum absolute atomic E-state index is 0. The van der Waals surface area contributed by atoms with Crippen LogP contribution in [0.5, 0.6) is 5.75 Å². The number of hydrogen-bond acceptors (Lipinski definition) is 19. The van der Waals surface area contributed by atoms with Crippen molar-refractivity contribution in [3.05, 3.63) is 76.8 Å². The van der Waals surface area contributed by atoms with Crippen molar-refractivity contribution in [2.75, 3.05) is 76.6 Å². The summed E-state index contributed by atoms with van der Waals surface area (Å²) in [5.41, 5.74) is 14.0. The van der Waals surface area contributed by atoms with Crippen molar-refractivity contribution >= 4 is 87.9 Å². The normalized spacial score (nSPS) is 22.4. The number of halogens is 2. The molecule has 4 aromatic heterocycles. The molecular weight excluding hydrogens is 1050 g/mol. The van der Waals surface area contributed by atoms with Gasteiger partial charge in [0.1, 0.15) is 60.3 Å². The summed E-state index contributed by atoms with van der Waals surface area (Å²) in [5.74, 6) is 1.14. The van der Waals surface area contributed by atoms with Crippen LogP contribution in [0.1, 0.15) is 38.1 Å². The summed E-state index contributed by atoms with van der Waals surface area (Å²) in [7, 11) is 0.902. The van der Waals surface area contributed by atoms with Gasteiger partial charge in [-0.2, -0.15) is 4.98 Å². The second-order valence-electron chi connectivity index (χ2n) is 16.9. The largest absolute Gasteiger partial charge is 1.00 e. The van der Waals surface area contributed by atoms with Crippen molar-refractivity contribution in [2.24, 2.45) is 0 Å². The highest BCUT2D eigenvalue weighted by molar-refractivity contribution is 8.54. The molecule has 28 heteroatoms. The first-order valence-electron chi connectivity index (χ1n) is 21.6. The number of hydrogen-bond donors (Lipinski definition) is 6. The molecule has 8 atom stereocenters. The molecule has 0 bridgehead atoms. The topological polar surface area (TPSA) is 306 Å². The molecule has 8 rings (SSSR count). The summed E-state index contributed by atoms with van der Waals surface area (Å²) in [5, 5.41) is 16.1. The van der Waals surface area contributed by atoms with Gasteiger partial charge in [-0.05, 0) is 53.8 Å². The minimum atomic E-state index is -4.93. The van der Waals surface area contributed by atoms with Crippen molar-refractivity contribution in [1.29, 1.82) is 0 Å². The zero-order valence-corrected chi connectivity index (χ0v) is 42.6. The fraction of sp³-hybridized carbons (Fsp3) is 0.463. The molecule has 2 saturated heterocycles. The van der Waals surface area contributed by atoms with Crippen LogP contribution in [0, 0.1) is 0 Å². The lowest BCUT2D eigenvalue weighted by Gasteiger charge is -2.30. The second-order valence-corrected chi connectivity index (χ2v) is 22.8. The average Bonchev–Trinajstić information content (AvgIpc) is 4.02. The molecule has 0 radical (unpaired) electrons.